The zero-order valence-corrected chi connectivity index (χ0v) is 8.71. The molecule has 1 aromatic rings. The Morgan fingerprint density at radius 3 is 2.40 bits per heavy atom. The molecule has 15 heavy (non-hydrogen) atoms. The van der Waals surface area contributed by atoms with E-state index in [2.05, 4.69) is 27.0 Å². The maximum absolute atomic E-state index is 4.36. The third-order valence-electron chi connectivity index (χ3n) is 3.49. The number of nitrogens with zero attached hydrogens (tertiary/aromatic N) is 3. The number of rotatable bonds is 1. The van der Waals surface area contributed by atoms with E-state index in [-0.39, 0.29) is 0 Å². The topological polar surface area (TPSA) is 29.0 Å². The smallest absolute Gasteiger partial charge is 0.147 e. The molecule has 2 aliphatic rings. The molecule has 3 nitrogen and oxygen atoms in total. The van der Waals surface area contributed by atoms with Crippen LogP contribution in [-0.2, 0) is 0 Å². The van der Waals surface area contributed by atoms with Crippen molar-refractivity contribution in [2.45, 2.75) is 12.8 Å². The second-order valence-corrected chi connectivity index (χ2v) is 4.43. The lowest BCUT2D eigenvalue weighted by molar-refractivity contribution is 0.411. The van der Waals surface area contributed by atoms with Crippen molar-refractivity contribution in [1.29, 1.82) is 0 Å². The second-order valence-electron chi connectivity index (χ2n) is 4.43. The summed E-state index contributed by atoms with van der Waals surface area (Å²) in [5.41, 5.74) is 0. The average Bonchev–Trinajstić information content (AvgIpc) is 2.74. The lowest BCUT2D eigenvalue weighted by Crippen LogP contribution is -2.20. The van der Waals surface area contributed by atoms with E-state index < -0.39 is 0 Å². The van der Waals surface area contributed by atoms with Gasteiger partial charge in [0, 0.05) is 25.5 Å². The molecule has 0 spiro atoms. The highest BCUT2D eigenvalue weighted by Crippen LogP contribution is 2.34. The predicted octanol–water partition coefficient (Wildman–Crippen LogP) is 1.88. The van der Waals surface area contributed by atoms with E-state index >= 15 is 0 Å². The number of hydrogen-bond acceptors (Lipinski definition) is 3. The van der Waals surface area contributed by atoms with Gasteiger partial charge in [0.2, 0.25) is 0 Å². The van der Waals surface area contributed by atoms with Crippen LogP contribution in [0.25, 0.3) is 0 Å². The fraction of sp³-hybridized carbons (Fsp3) is 0.500. The van der Waals surface area contributed by atoms with Gasteiger partial charge in [-0.3, -0.25) is 4.98 Å². The molecule has 1 aliphatic heterocycles. The Hall–Kier alpha value is -1.38. The van der Waals surface area contributed by atoms with E-state index in [0.29, 0.717) is 0 Å². The molecule has 0 N–H and O–H groups in total. The summed E-state index contributed by atoms with van der Waals surface area (Å²) in [5.74, 6) is 2.70. The molecule has 1 aromatic heterocycles. The normalized spacial score (nSPS) is 29.2. The van der Waals surface area contributed by atoms with Crippen molar-refractivity contribution in [1.82, 2.24) is 9.97 Å². The summed E-state index contributed by atoms with van der Waals surface area (Å²) >= 11 is 0. The monoisotopic (exact) mass is 201 g/mol. The minimum atomic E-state index is 0.831. The van der Waals surface area contributed by atoms with E-state index in [0.717, 1.165) is 30.7 Å². The highest BCUT2D eigenvalue weighted by Gasteiger charge is 2.33. The summed E-state index contributed by atoms with van der Waals surface area (Å²) in [6.07, 6.45) is 12.5. The van der Waals surface area contributed by atoms with Crippen LogP contribution in [0.15, 0.2) is 30.7 Å². The molecule has 0 radical (unpaired) electrons. The predicted molar refractivity (Wildman–Crippen MR) is 59.6 cm³/mol. The fourth-order valence-corrected chi connectivity index (χ4v) is 2.66. The SMILES string of the molecule is C1=CC[C@H]2CN(c3cnccn3)C[C@H]2C1. The van der Waals surface area contributed by atoms with E-state index in [1.807, 2.05) is 6.20 Å². The van der Waals surface area contributed by atoms with E-state index in [1.165, 1.54) is 12.8 Å². The van der Waals surface area contributed by atoms with Crippen LogP contribution in [0.5, 0.6) is 0 Å². The summed E-state index contributed by atoms with van der Waals surface area (Å²) in [6, 6.07) is 0. The van der Waals surface area contributed by atoms with Gasteiger partial charge in [-0.25, -0.2) is 4.98 Å². The molecule has 2 heterocycles. The van der Waals surface area contributed by atoms with Crippen LogP contribution in [0, 0.1) is 11.8 Å². The van der Waals surface area contributed by atoms with Gasteiger partial charge >= 0.3 is 0 Å². The van der Waals surface area contributed by atoms with E-state index in [1.54, 1.807) is 12.4 Å². The van der Waals surface area contributed by atoms with Crippen molar-refractivity contribution in [2.75, 3.05) is 18.0 Å². The number of fused-ring (bicyclic) bond motifs is 1. The molecule has 0 saturated carbocycles. The van der Waals surface area contributed by atoms with E-state index in [4.69, 9.17) is 0 Å². The molecule has 0 amide bonds. The molecule has 78 valence electrons. The average molecular weight is 201 g/mol. The summed E-state index contributed by atoms with van der Waals surface area (Å²) in [5, 5.41) is 0. The van der Waals surface area contributed by atoms with Crippen molar-refractivity contribution in [3.8, 4) is 0 Å². The Balaban J connectivity index is 1.77. The third-order valence-corrected chi connectivity index (χ3v) is 3.49. The number of allylic oxidation sites excluding steroid dienone is 2. The first kappa shape index (κ1) is 8.89. The van der Waals surface area contributed by atoms with Gasteiger partial charge in [-0.2, -0.15) is 0 Å². The molecule has 1 fully saturated rings. The molecule has 0 aromatic carbocycles. The van der Waals surface area contributed by atoms with Gasteiger partial charge in [-0.05, 0) is 24.7 Å². The highest BCUT2D eigenvalue weighted by atomic mass is 15.2. The van der Waals surface area contributed by atoms with Crippen LogP contribution in [-0.4, -0.2) is 23.1 Å². The Bertz CT molecular complexity index is 344. The first-order chi connectivity index (χ1) is 7.43. The van der Waals surface area contributed by atoms with Crippen LogP contribution < -0.4 is 4.90 Å². The molecule has 1 saturated heterocycles. The number of hydrogen-bond donors (Lipinski definition) is 0. The molecule has 1 aliphatic carbocycles. The lowest BCUT2D eigenvalue weighted by atomic mass is 9.86. The zero-order valence-electron chi connectivity index (χ0n) is 8.71. The molecule has 3 heteroatoms. The second kappa shape index (κ2) is 3.65. The summed E-state index contributed by atoms with van der Waals surface area (Å²) < 4.78 is 0. The maximum atomic E-state index is 4.36. The van der Waals surface area contributed by atoms with Gasteiger partial charge in [-0.1, -0.05) is 12.2 Å². The van der Waals surface area contributed by atoms with Crippen molar-refractivity contribution in [2.24, 2.45) is 11.8 Å². The van der Waals surface area contributed by atoms with Crippen LogP contribution in [0.1, 0.15) is 12.8 Å². The summed E-state index contributed by atoms with van der Waals surface area (Å²) in [7, 11) is 0. The maximum Gasteiger partial charge on any atom is 0.147 e. The van der Waals surface area contributed by atoms with Crippen molar-refractivity contribution in [3.05, 3.63) is 30.7 Å². The molecule has 2 atom stereocenters. The van der Waals surface area contributed by atoms with Crippen LogP contribution in [0.2, 0.25) is 0 Å². The van der Waals surface area contributed by atoms with Crippen molar-refractivity contribution < 1.29 is 0 Å². The Labute approximate surface area is 89.8 Å². The van der Waals surface area contributed by atoms with Gasteiger partial charge in [0.15, 0.2) is 0 Å². The van der Waals surface area contributed by atoms with Crippen molar-refractivity contribution in [3.63, 3.8) is 0 Å². The zero-order chi connectivity index (χ0) is 10.1. The highest BCUT2D eigenvalue weighted by molar-refractivity contribution is 5.37. The van der Waals surface area contributed by atoms with Gasteiger partial charge in [-0.15, -0.1) is 0 Å². The molecule has 3 rings (SSSR count). The Kier molecular flexibility index (Phi) is 2.16. The molecule has 0 unspecified atom stereocenters. The standard InChI is InChI=1S/C12H15N3/c1-2-4-11-9-15(8-10(11)3-1)12-7-13-5-6-14-12/h1-2,5-7,10-11H,3-4,8-9H2/t10-,11+. The number of anilines is 1. The lowest BCUT2D eigenvalue weighted by Gasteiger charge is -2.17. The molecule has 0 bridgehead atoms. The molecular formula is C12H15N3. The minimum Gasteiger partial charge on any atom is -0.355 e. The van der Waals surface area contributed by atoms with Gasteiger partial charge in [0.1, 0.15) is 5.82 Å². The van der Waals surface area contributed by atoms with Crippen molar-refractivity contribution >= 4 is 5.82 Å². The van der Waals surface area contributed by atoms with Crippen LogP contribution in [0.4, 0.5) is 5.82 Å². The molecular weight excluding hydrogens is 186 g/mol. The minimum absolute atomic E-state index is 0.831. The fourth-order valence-electron chi connectivity index (χ4n) is 2.66. The van der Waals surface area contributed by atoms with Gasteiger partial charge < -0.3 is 4.90 Å². The first-order valence-corrected chi connectivity index (χ1v) is 5.59. The van der Waals surface area contributed by atoms with Crippen LogP contribution >= 0.6 is 0 Å². The summed E-state index contributed by atoms with van der Waals surface area (Å²) in [4.78, 5) is 10.9. The quantitative estimate of drug-likeness (QED) is 0.650. The van der Waals surface area contributed by atoms with Gasteiger partial charge in [0.25, 0.3) is 0 Å². The Morgan fingerprint density at radius 2 is 1.80 bits per heavy atom. The summed E-state index contributed by atoms with van der Waals surface area (Å²) in [6.45, 7) is 2.29. The van der Waals surface area contributed by atoms with Crippen LogP contribution in [0.3, 0.4) is 0 Å². The third kappa shape index (κ3) is 1.62. The first-order valence-electron chi connectivity index (χ1n) is 5.59. The van der Waals surface area contributed by atoms with E-state index in [9.17, 15) is 0 Å². The Morgan fingerprint density at radius 1 is 1.07 bits per heavy atom. The largest absolute Gasteiger partial charge is 0.355 e. The number of aromatic nitrogens is 2. The van der Waals surface area contributed by atoms with Gasteiger partial charge in [0.05, 0.1) is 6.20 Å².